The summed E-state index contributed by atoms with van der Waals surface area (Å²) >= 11 is 0. The Bertz CT molecular complexity index is 618. The molecule has 3 rings (SSSR count). The lowest BCUT2D eigenvalue weighted by Gasteiger charge is -2.43. The number of rotatable bonds is 3. The van der Waals surface area contributed by atoms with Gasteiger partial charge in [0.25, 0.3) is 5.91 Å². The Kier molecular flexibility index (Phi) is 5.39. The molecule has 2 saturated heterocycles. The number of morpholine rings is 1. The summed E-state index contributed by atoms with van der Waals surface area (Å²) in [6.45, 7) is 6.78. The van der Waals surface area contributed by atoms with Crippen LogP contribution < -0.4 is 0 Å². The fraction of sp³-hybridized carbons (Fsp3) is 0.632. The molecule has 138 valence electrons. The average Bonchev–Trinajstić information content (AvgIpc) is 2.67. The second kappa shape index (κ2) is 7.38. The van der Waals surface area contributed by atoms with Gasteiger partial charge in [-0.05, 0) is 50.8 Å². The first kappa shape index (κ1) is 18.3. The summed E-state index contributed by atoms with van der Waals surface area (Å²) in [5.74, 6) is -1.10. The van der Waals surface area contributed by atoms with Gasteiger partial charge in [0.15, 0.2) is 5.60 Å². The molecule has 25 heavy (non-hydrogen) atoms. The molecule has 1 aromatic rings. The van der Waals surface area contributed by atoms with Crippen molar-refractivity contribution in [3.63, 3.8) is 0 Å². The molecule has 6 heteroatoms. The van der Waals surface area contributed by atoms with E-state index in [0.29, 0.717) is 38.2 Å². The third kappa shape index (κ3) is 4.01. The molecule has 2 aliphatic heterocycles. The number of carbonyl (C=O) groups excluding carboxylic acids is 1. The first-order valence-corrected chi connectivity index (χ1v) is 9.02. The van der Waals surface area contributed by atoms with E-state index in [9.17, 15) is 13.6 Å². The van der Waals surface area contributed by atoms with Crippen LogP contribution in [0.25, 0.3) is 0 Å². The topological polar surface area (TPSA) is 32.8 Å². The van der Waals surface area contributed by atoms with Crippen molar-refractivity contribution in [1.82, 2.24) is 9.80 Å². The highest BCUT2D eigenvalue weighted by molar-refractivity contribution is 5.86. The maximum Gasteiger partial charge on any atom is 0.256 e. The van der Waals surface area contributed by atoms with E-state index in [-0.39, 0.29) is 11.9 Å². The minimum absolute atomic E-state index is 0.0510. The minimum atomic E-state index is -0.828. The van der Waals surface area contributed by atoms with Gasteiger partial charge < -0.3 is 9.64 Å². The molecule has 1 aromatic carbocycles. The summed E-state index contributed by atoms with van der Waals surface area (Å²) in [6.07, 6.45) is 2.62. The quantitative estimate of drug-likeness (QED) is 0.838. The van der Waals surface area contributed by atoms with E-state index < -0.39 is 17.2 Å². The highest BCUT2D eigenvalue weighted by Crippen LogP contribution is 2.31. The van der Waals surface area contributed by atoms with Gasteiger partial charge in [0, 0.05) is 38.3 Å². The standard InChI is InChI=1S/C19H26F2N2O2/c1-14(2)23-6-4-3-5-19(18(23)24)13-22(7-8-25-19)12-15-9-16(20)11-17(21)10-15/h9-11,14H,3-8,12-13H2,1-2H3. The fourth-order valence-corrected chi connectivity index (χ4v) is 3.89. The number of halogens is 2. The second-order valence-corrected chi connectivity index (χ2v) is 7.38. The van der Waals surface area contributed by atoms with Crippen LogP contribution in [0.2, 0.25) is 0 Å². The summed E-state index contributed by atoms with van der Waals surface area (Å²) in [6, 6.07) is 3.71. The number of hydrogen-bond acceptors (Lipinski definition) is 3. The number of likely N-dealkylation sites (tertiary alicyclic amines) is 1. The monoisotopic (exact) mass is 352 g/mol. The van der Waals surface area contributed by atoms with Gasteiger partial charge in [0.05, 0.1) is 6.61 Å². The fourth-order valence-electron chi connectivity index (χ4n) is 3.89. The van der Waals surface area contributed by atoms with E-state index in [4.69, 9.17) is 4.74 Å². The molecule has 0 aliphatic carbocycles. The molecule has 4 nitrogen and oxygen atoms in total. The second-order valence-electron chi connectivity index (χ2n) is 7.38. The molecule has 0 aromatic heterocycles. The molecular weight excluding hydrogens is 326 g/mol. The maximum atomic E-state index is 13.4. The molecule has 0 N–H and O–H groups in total. The molecule has 2 heterocycles. The van der Waals surface area contributed by atoms with Crippen molar-refractivity contribution in [3.05, 3.63) is 35.4 Å². The van der Waals surface area contributed by atoms with Gasteiger partial charge in [-0.15, -0.1) is 0 Å². The lowest BCUT2D eigenvalue weighted by atomic mass is 9.93. The van der Waals surface area contributed by atoms with Crippen molar-refractivity contribution in [2.45, 2.75) is 51.3 Å². The van der Waals surface area contributed by atoms with Crippen LogP contribution in [-0.2, 0) is 16.1 Å². The van der Waals surface area contributed by atoms with Gasteiger partial charge in [-0.25, -0.2) is 8.78 Å². The largest absolute Gasteiger partial charge is 0.362 e. The molecule has 1 amide bonds. The summed E-state index contributed by atoms with van der Waals surface area (Å²) in [5, 5.41) is 0. The van der Waals surface area contributed by atoms with Crippen molar-refractivity contribution in [2.24, 2.45) is 0 Å². The highest BCUT2D eigenvalue weighted by atomic mass is 19.1. The lowest BCUT2D eigenvalue weighted by molar-refractivity contribution is -0.172. The van der Waals surface area contributed by atoms with Crippen molar-refractivity contribution in [1.29, 1.82) is 0 Å². The third-order valence-electron chi connectivity index (χ3n) is 5.10. The van der Waals surface area contributed by atoms with Crippen LogP contribution in [0.4, 0.5) is 8.78 Å². The molecule has 2 aliphatic rings. The Balaban J connectivity index is 1.78. The Labute approximate surface area is 147 Å². The van der Waals surface area contributed by atoms with E-state index in [0.717, 1.165) is 25.5 Å². The predicted octanol–water partition coefficient (Wildman–Crippen LogP) is 2.96. The van der Waals surface area contributed by atoms with Crippen LogP contribution >= 0.6 is 0 Å². The van der Waals surface area contributed by atoms with E-state index in [1.165, 1.54) is 12.1 Å². The summed E-state index contributed by atoms with van der Waals surface area (Å²) in [4.78, 5) is 17.1. The maximum absolute atomic E-state index is 13.4. The number of ether oxygens (including phenoxy) is 1. The number of hydrogen-bond donors (Lipinski definition) is 0. The van der Waals surface area contributed by atoms with E-state index >= 15 is 0 Å². The number of benzene rings is 1. The number of nitrogens with zero attached hydrogens (tertiary/aromatic N) is 2. The van der Waals surface area contributed by atoms with Gasteiger partial charge in [-0.2, -0.15) is 0 Å². The summed E-state index contributed by atoms with van der Waals surface area (Å²) < 4.78 is 32.9. The molecule has 0 bridgehead atoms. The Morgan fingerprint density at radius 2 is 1.88 bits per heavy atom. The summed E-state index contributed by atoms with van der Waals surface area (Å²) in [7, 11) is 0. The molecule has 1 atom stereocenters. The third-order valence-corrected chi connectivity index (χ3v) is 5.10. The highest BCUT2D eigenvalue weighted by Gasteiger charge is 2.47. The van der Waals surface area contributed by atoms with E-state index in [1.54, 1.807) is 0 Å². The molecule has 1 spiro atoms. The molecule has 2 fully saturated rings. The Hall–Kier alpha value is -1.53. The first-order chi connectivity index (χ1) is 11.9. The van der Waals surface area contributed by atoms with Crippen molar-refractivity contribution < 1.29 is 18.3 Å². The number of carbonyl (C=O) groups is 1. The Morgan fingerprint density at radius 3 is 2.56 bits per heavy atom. The van der Waals surface area contributed by atoms with Crippen molar-refractivity contribution >= 4 is 5.91 Å². The van der Waals surface area contributed by atoms with Gasteiger partial charge in [0.2, 0.25) is 0 Å². The van der Waals surface area contributed by atoms with Crippen LogP contribution in [0.3, 0.4) is 0 Å². The van der Waals surface area contributed by atoms with Gasteiger partial charge >= 0.3 is 0 Å². The first-order valence-electron chi connectivity index (χ1n) is 9.02. The Morgan fingerprint density at radius 1 is 1.16 bits per heavy atom. The predicted molar refractivity (Wildman–Crippen MR) is 91.0 cm³/mol. The molecular formula is C19H26F2N2O2. The smallest absolute Gasteiger partial charge is 0.256 e. The molecule has 0 radical (unpaired) electrons. The summed E-state index contributed by atoms with van der Waals surface area (Å²) in [5.41, 5.74) is -0.249. The van der Waals surface area contributed by atoms with Gasteiger partial charge in [0.1, 0.15) is 11.6 Å². The zero-order chi connectivity index (χ0) is 18.0. The minimum Gasteiger partial charge on any atom is -0.362 e. The van der Waals surface area contributed by atoms with Crippen LogP contribution in [0.15, 0.2) is 18.2 Å². The van der Waals surface area contributed by atoms with Gasteiger partial charge in [-0.3, -0.25) is 9.69 Å². The zero-order valence-corrected chi connectivity index (χ0v) is 14.9. The average molecular weight is 352 g/mol. The van der Waals surface area contributed by atoms with E-state index in [1.807, 2.05) is 18.7 Å². The lowest BCUT2D eigenvalue weighted by Crippen LogP contribution is -2.60. The van der Waals surface area contributed by atoms with Crippen LogP contribution in [0, 0.1) is 11.6 Å². The van der Waals surface area contributed by atoms with Crippen molar-refractivity contribution in [3.8, 4) is 0 Å². The van der Waals surface area contributed by atoms with Gasteiger partial charge in [-0.1, -0.05) is 0 Å². The number of amides is 1. The SMILES string of the molecule is CC(C)N1CCCCC2(CN(Cc3cc(F)cc(F)c3)CCO2)C1=O. The van der Waals surface area contributed by atoms with Crippen LogP contribution in [-0.4, -0.2) is 53.6 Å². The van der Waals surface area contributed by atoms with E-state index in [2.05, 4.69) is 4.90 Å². The van der Waals surface area contributed by atoms with Crippen LogP contribution in [0.5, 0.6) is 0 Å². The zero-order valence-electron chi connectivity index (χ0n) is 14.9. The molecule has 1 unspecified atom stereocenters. The van der Waals surface area contributed by atoms with Crippen LogP contribution in [0.1, 0.15) is 38.7 Å². The normalized spacial score (nSPS) is 25.6. The van der Waals surface area contributed by atoms with Crippen molar-refractivity contribution in [2.75, 3.05) is 26.2 Å². The molecule has 0 saturated carbocycles.